The van der Waals surface area contributed by atoms with Crippen LogP contribution in [-0.4, -0.2) is 27.0 Å². The summed E-state index contributed by atoms with van der Waals surface area (Å²) >= 11 is 0. The summed E-state index contributed by atoms with van der Waals surface area (Å²) in [5.74, 6) is 0.645. The van der Waals surface area contributed by atoms with E-state index in [2.05, 4.69) is 22.2 Å². The van der Waals surface area contributed by atoms with Crippen LogP contribution >= 0.6 is 0 Å². The van der Waals surface area contributed by atoms with Gasteiger partial charge in [-0.1, -0.05) is 37.6 Å². The minimum atomic E-state index is -0.236. The number of hydrogen-bond acceptors (Lipinski definition) is 5. The van der Waals surface area contributed by atoms with E-state index in [1.54, 1.807) is 43.6 Å². The van der Waals surface area contributed by atoms with Gasteiger partial charge in [-0.25, -0.2) is 9.97 Å². The number of carbonyl (C=O) groups excluding carboxylic acids is 1. The summed E-state index contributed by atoms with van der Waals surface area (Å²) in [5, 5.41) is 2.92. The molecule has 0 radical (unpaired) electrons. The molecule has 7 nitrogen and oxygen atoms in total. The Labute approximate surface area is 192 Å². The van der Waals surface area contributed by atoms with Crippen molar-refractivity contribution in [2.75, 3.05) is 6.61 Å². The van der Waals surface area contributed by atoms with Gasteiger partial charge in [0, 0.05) is 30.9 Å². The minimum absolute atomic E-state index is 0.187. The molecule has 0 aliphatic rings. The van der Waals surface area contributed by atoms with Crippen LogP contribution in [0.15, 0.2) is 71.7 Å². The molecule has 0 saturated carbocycles. The Morgan fingerprint density at radius 2 is 1.82 bits per heavy atom. The molecular weight excluding hydrogens is 416 g/mol. The van der Waals surface area contributed by atoms with E-state index < -0.39 is 0 Å². The lowest BCUT2D eigenvalue weighted by Gasteiger charge is -2.09. The number of ether oxygens (including phenoxy) is 1. The van der Waals surface area contributed by atoms with Gasteiger partial charge in [-0.3, -0.25) is 14.2 Å². The molecule has 0 unspecified atom stereocenters. The summed E-state index contributed by atoms with van der Waals surface area (Å²) in [6.45, 7) is 3.25. The number of pyridine rings is 1. The van der Waals surface area contributed by atoms with Crippen molar-refractivity contribution in [1.29, 1.82) is 0 Å². The Morgan fingerprint density at radius 3 is 2.55 bits per heavy atom. The standard InChI is InChI=1S/C26H26N4O3/c1-3-4-16-33-21-13-7-18(8-14-21)17-28-25(31)20-11-9-19(10-12-20)23-26(32)30(2)24-22(29-23)6-5-15-27-24/h5-15H,3-4,16-17H2,1-2H3,(H,28,31). The van der Waals surface area contributed by atoms with Gasteiger partial charge in [-0.15, -0.1) is 0 Å². The Balaban J connectivity index is 1.42. The maximum absolute atomic E-state index is 12.7. The molecule has 1 N–H and O–H groups in total. The fourth-order valence-electron chi connectivity index (χ4n) is 3.45. The fraction of sp³-hybridized carbons (Fsp3) is 0.231. The van der Waals surface area contributed by atoms with Gasteiger partial charge in [-0.05, 0) is 48.4 Å². The van der Waals surface area contributed by atoms with Crippen molar-refractivity contribution >= 4 is 17.1 Å². The topological polar surface area (TPSA) is 86.1 Å². The smallest absolute Gasteiger partial charge is 0.278 e. The zero-order valence-electron chi connectivity index (χ0n) is 18.7. The predicted octanol–water partition coefficient (Wildman–Crippen LogP) is 4.10. The van der Waals surface area contributed by atoms with Crippen LogP contribution in [0.25, 0.3) is 22.4 Å². The van der Waals surface area contributed by atoms with Crippen molar-refractivity contribution in [2.45, 2.75) is 26.3 Å². The summed E-state index contributed by atoms with van der Waals surface area (Å²) in [7, 11) is 1.68. The number of nitrogens with zero attached hydrogens (tertiary/aromatic N) is 3. The van der Waals surface area contributed by atoms with Gasteiger partial charge in [0.05, 0.1) is 6.61 Å². The maximum atomic E-state index is 12.7. The van der Waals surface area contributed by atoms with E-state index in [1.807, 2.05) is 30.3 Å². The quantitative estimate of drug-likeness (QED) is 0.415. The van der Waals surface area contributed by atoms with Crippen LogP contribution in [0.4, 0.5) is 0 Å². The van der Waals surface area contributed by atoms with Gasteiger partial charge in [0.1, 0.15) is 17.0 Å². The number of amides is 1. The SMILES string of the molecule is CCCCOc1ccc(CNC(=O)c2ccc(-c3nc4cccnc4n(C)c3=O)cc2)cc1. The van der Waals surface area contributed by atoms with Crippen molar-refractivity contribution in [2.24, 2.45) is 7.05 Å². The molecule has 4 aromatic rings. The average molecular weight is 443 g/mol. The largest absolute Gasteiger partial charge is 0.494 e. The molecule has 1 amide bonds. The van der Waals surface area contributed by atoms with Crippen LogP contribution in [0.2, 0.25) is 0 Å². The molecule has 0 atom stereocenters. The summed E-state index contributed by atoms with van der Waals surface area (Å²) in [6.07, 6.45) is 3.75. The Hall–Kier alpha value is -4.00. The molecule has 2 heterocycles. The third kappa shape index (κ3) is 5.09. The molecule has 0 aliphatic heterocycles. The third-order valence-corrected chi connectivity index (χ3v) is 5.39. The number of benzene rings is 2. The van der Waals surface area contributed by atoms with E-state index in [4.69, 9.17) is 4.74 Å². The second kappa shape index (κ2) is 10.1. The molecule has 2 aromatic heterocycles. The maximum Gasteiger partial charge on any atom is 0.278 e. The number of aryl methyl sites for hydroxylation is 1. The lowest BCUT2D eigenvalue weighted by Crippen LogP contribution is -2.23. The van der Waals surface area contributed by atoms with Crippen molar-refractivity contribution in [1.82, 2.24) is 19.9 Å². The average Bonchev–Trinajstić information content (AvgIpc) is 2.86. The zero-order valence-corrected chi connectivity index (χ0v) is 18.7. The molecule has 0 saturated heterocycles. The molecule has 0 bridgehead atoms. The van der Waals surface area contributed by atoms with Crippen LogP contribution in [-0.2, 0) is 13.6 Å². The van der Waals surface area contributed by atoms with Crippen molar-refractivity contribution in [3.8, 4) is 17.0 Å². The normalized spacial score (nSPS) is 10.8. The second-order valence-corrected chi connectivity index (χ2v) is 7.78. The van der Waals surface area contributed by atoms with Gasteiger partial charge in [0.15, 0.2) is 5.65 Å². The highest BCUT2D eigenvalue weighted by Crippen LogP contribution is 2.17. The first-order valence-corrected chi connectivity index (χ1v) is 11.0. The highest BCUT2D eigenvalue weighted by molar-refractivity contribution is 5.94. The van der Waals surface area contributed by atoms with E-state index in [9.17, 15) is 9.59 Å². The van der Waals surface area contributed by atoms with Gasteiger partial charge in [0.2, 0.25) is 0 Å². The first kappa shape index (κ1) is 22.2. The van der Waals surface area contributed by atoms with E-state index in [0.29, 0.717) is 41.1 Å². The Kier molecular flexibility index (Phi) is 6.78. The summed E-state index contributed by atoms with van der Waals surface area (Å²) in [4.78, 5) is 34.0. The van der Waals surface area contributed by atoms with E-state index in [1.165, 1.54) is 4.57 Å². The summed E-state index contributed by atoms with van der Waals surface area (Å²) in [6, 6.07) is 18.2. The summed E-state index contributed by atoms with van der Waals surface area (Å²) < 4.78 is 7.15. The van der Waals surface area contributed by atoms with E-state index in [0.717, 1.165) is 24.2 Å². The number of fused-ring (bicyclic) bond motifs is 1. The van der Waals surface area contributed by atoms with Crippen LogP contribution < -0.4 is 15.6 Å². The van der Waals surface area contributed by atoms with Crippen LogP contribution in [0.3, 0.4) is 0 Å². The molecule has 7 heteroatoms. The highest BCUT2D eigenvalue weighted by Gasteiger charge is 2.12. The molecule has 168 valence electrons. The first-order chi connectivity index (χ1) is 16.1. The number of hydrogen-bond donors (Lipinski definition) is 1. The van der Waals surface area contributed by atoms with Crippen molar-refractivity contribution in [3.05, 3.63) is 88.3 Å². The number of nitrogens with one attached hydrogen (secondary N) is 1. The fourth-order valence-corrected chi connectivity index (χ4v) is 3.45. The van der Waals surface area contributed by atoms with Gasteiger partial charge in [-0.2, -0.15) is 0 Å². The molecule has 33 heavy (non-hydrogen) atoms. The molecular formula is C26H26N4O3. The highest BCUT2D eigenvalue weighted by atomic mass is 16.5. The third-order valence-electron chi connectivity index (χ3n) is 5.39. The van der Waals surface area contributed by atoms with Gasteiger partial charge >= 0.3 is 0 Å². The van der Waals surface area contributed by atoms with Crippen LogP contribution in [0, 0.1) is 0 Å². The summed E-state index contributed by atoms with van der Waals surface area (Å²) in [5.41, 5.74) is 3.40. The molecule has 0 aliphatic carbocycles. The lowest BCUT2D eigenvalue weighted by atomic mass is 10.1. The van der Waals surface area contributed by atoms with Crippen molar-refractivity contribution in [3.63, 3.8) is 0 Å². The van der Waals surface area contributed by atoms with Crippen LogP contribution in [0.5, 0.6) is 5.75 Å². The Bertz CT molecular complexity index is 1310. The molecule has 2 aromatic carbocycles. The molecule has 4 rings (SSSR count). The zero-order chi connectivity index (χ0) is 23.2. The monoisotopic (exact) mass is 442 g/mol. The molecule has 0 spiro atoms. The number of rotatable bonds is 8. The number of carbonyl (C=O) groups is 1. The lowest BCUT2D eigenvalue weighted by molar-refractivity contribution is 0.0951. The Morgan fingerprint density at radius 1 is 1.06 bits per heavy atom. The van der Waals surface area contributed by atoms with Gasteiger partial charge < -0.3 is 10.1 Å². The van der Waals surface area contributed by atoms with E-state index >= 15 is 0 Å². The molecule has 0 fully saturated rings. The van der Waals surface area contributed by atoms with E-state index in [-0.39, 0.29) is 11.5 Å². The van der Waals surface area contributed by atoms with Crippen molar-refractivity contribution < 1.29 is 9.53 Å². The van der Waals surface area contributed by atoms with Gasteiger partial charge in [0.25, 0.3) is 11.5 Å². The minimum Gasteiger partial charge on any atom is -0.494 e. The number of unbranched alkanes of at least 4 members (excludes halogenated alkanes) is 1. The van der Waals surface area contributed by atoms with Crippen LogP contribution in [0.1, 0.15) is 35.7 Å². The first-order valence-electron chi connectivity index (χ1n) is 11.0. The predicted molar refractivity (Wildman–Crippen MR) is 128 cm³/mol. The number of aromatic nitrogens is 3. The second-order valence-electron chi connectivity index (χ2n) is 7.78.